The van der Waals surface area contributed by atoms with Gasteiger partial charge < -0.3 is 10.6 Å². The number of nitrogens with one attached hydrogen (secondary N) is 2. The molecule has 2 aromatic carbocycles. The molecular formula is C24H22N4O2S. The number of carbonyl (C=O) groups is 2. The fourth-order valence-electron chi connectivity index (χ4n) is 2.82. The van der Waals surface area contributed by atoms with Crippen LogP contribution < -0.4 is 10.6 Å². The number of aromatic nitrogens is 1. The number of aryl methyl sites for hydroxylation is 1. The third kappa shape index (κ3) is 6.43. The average molecular weight is 431 g/mol. The van der Waals surface area contributed by atoms with E-state index in [0.29, 0.717) is 27.7 Å². The van der Waals surface area contributed by atoms with E-state index in [4.69, 9.17) is 0 Å². The summed E-state index contributed by atoms with van der Waals surface area (Å²) in [5, 5.41) is 15.5. The highest BCUT2D eigenvalue weighted by molar-refractivity contribution is 7.99. The summed E-state index contributed by atoms with van der Waals surface area (Å²) in [7, 11) is 0. The highest BCUT2D eigenvalue weighted by Crippen LogP contribution is 2.26. The van der Waals surface area contributed by atoms with Crippen molar-refractivity contribution in [2.24, 2.45) is 0 Å². The van der Waals surface area contributed by atoms with Crippen LogP contribution in [-0.4, -0.2) is 22.6 Å². The molecule has 3 rings (SSSR count). The molecule has 0 atom stereocenters. The number of anilines is 2. The van der Waals surface area contributed by atoms with Crippen LogP contribution in [0.2, 0.25) is 0 Å². The minimum Gasteiger partial charge on any atom is -0.326 e. The summed E-state index contributed by atoms with van der Waals surface area (Å²) < 4.78 is 0. The van der Waals surface area contributed by atoms with E-state index in [1.165, 1.54) is 24.2 Å². The molecule has 3 aromatic rings. The van der Waals surface area contributed by atoms with E-state index in [2.05, 4.69) is 21.7 Å². The Morgan fingerprint density at radius 1 is 0.968 bits per heavy atom. The molecule has 1 aromatic heterocycles. The fraction of sp³-hybridized carbons (Fsp3) is 0.167. The van der Waals surface area contributed by atoms with Crippen molar-refractivity contribution >= 4 is 35.0 Å². The van der Waals surface area contributed by atoms with Crippen molar-refractivity contribution < 1.29 is 9.59 Å². The van der Waals surface area contributed by atoms with Crippen LogP contribution in [0.15, 0.2) is 65.7 Å². The average Bonchev–Trinajstić information content (AvgIpc) is 2.75. The van der Waals surface area contributed by atoms with E-state index < -0.39 is 0 Å². The van der Waals surface area contributed by atoms with Gasteiger partial charge in [0.1, 0.15) is 11.1 Å². The summed E-state index contributed by atoms with van der Waals surface area (Å²) >= 11 is 1.39. The molecule has 0 aliphatic rings. The quantitative estimate of drug-likeness (QED) is 0.514. The molecule has 156 valence electrons. The maximum absolute atomic E-state index is 12.3. The van der Waals surface area contributed by atoms with Gasteiger partial charge in [-0.2, -0.15) is 5.26 Å². The number of pyridine rings is 1. The SMILES string of the molecule is CC(=O)Nc1ccc(NC(=O)CCSc2nc(-c3ccc(C)cc3)ccc2C#N)cc1. The Morgan fingerprint density at radius 2 is 1.61 bits per heavy atom. The molecule has 7 heteroatoms. The summed E-state index contributed by atoms with van der Waals surface area (Å²) in [4.78, 5) is 28.0. The first-order chi connectivity index (χ1) is 14.9. The van der Waals surface area contributed by atoms with Crippen LogP contribution in [0, 0.1) is 18.3 Å². The Hall–Kier alpha value is -3.63. The van der Waals surface area contributed by atoms with E-state index in [1.54, 1.807) is 30.3 Å². The monoisotopic (exact) mass is 430 g/mol. The Labute approximate surface area is 185 Å². The minimum absolute atomic E-state index is 0.132. The molecule has 0 aliphatic carbocycles. The topological polar surface area (TPSA) is 94.9 Å². The van der Waals surface area contributed by atoms with Crippen LogP contribution in [0.3, 0.4) is 0 Å². The summed E-state index contributed by atoms with van der Waals surface area (Å²) in [5.74, 6) is 0.216. The first kappa shape index (κ1) is 22.1. The lowest BCUT2D eigenvalue weighted by Gasteiger charge is -2.08. The van der Waals surface area contributed by atoms with Crippen molar-refractivity contribution in [3.05, 3.63) is 71.8 Å². The molecule has 0 saturated heterocycles. The highest BCUT2D eigenvalue weighted by atomic mass is 32.2. The molecule has 6 nitrogen and oxygen atoms in total. The molecule has 0 radical (unpaired) electrons. The van der Waals surface area contributed by atoms with Crippen LogP contribution in [-0.2, 0) is 9.59 Å². The summed E-state index contributed by atoms with van der Waals surface area (Å²) in [6.07, 6.45) is 0.277. The lowest BCUT2D eigenvalue weighted by Crippen LogP contribution is -2.12. The third-order valence-electron chi connectivity index (χ3n) is 4.38. The molecule has 0 spiro atoms. The lowest BCUT2D eigenvalue weighted by molar-refractivity contribution is -0.116. The molecule has 2 N–H and O–H groups in total. The number of rotatable bonds is 7. The Bertz CT molecular complexity index is 1120. The Balaban J connectivity index is 1.58. The summed E-state index contributed by atoms with van der Waals surface area (Å²) in [6.45, 7) is 3.47. The molecule has 0 fully saturated rings. The van der Waals surface area contributed by atoms with Crippen molar-refractivity contribution in [3.8, 4) is 17.3 Å². The predicted molar refractivity (Wildman–Crippen MR) is 124 cm³/mol. The lowest BCUT2D eigenvalue weighted by atomic mass is 10.1. The minimum atomic E-state index is -0.148. The van der Waals surface area contributed by atoms with Crippen LogP contribution in [0.1, 0.15) is 24.5 Å². The van der Waals surface area contributed by atoms with Crippen LogP contribution in [0.25, 0.3) is 11.3 Å². The summed E-state index contributed by atoms with van der Waals surface area (Å²) in [5.41, 5.74) is 4.77. The van der Waals surface area contributed by atoms with Gasteiger partial charge in [-0.15, -0.1) is 11.8 Å². The van der Waals surface area contributed by atoms with Gasteiger partial charge in [0.25, 0.3) is 0 Å². The number of benzene rings is 2. The molecule has 0 bridgehead atoms. The van der Waals surface area contributed by atoms with Crippen molar-refractivity contribution in [2.45, 2.75) is 25.3 Å². The van der Waals surface area contributed by atoms with Gasteiger partial charge in [0.15, 0.2) is 0 Å². The second kappa shape index (κ2) is 10.4. The van der Waals surface area contributed by atoms with Crippen molar-refractivity contribution in [1.29, 1.82) is 5.26 Å². The first-order valence-electron chi connectivity index (χ1n) is 9.73. The third-order valence-corrected chi connectivity index (χ3v) is 5.38. The number of hydrogen-bond donors (Lipinski definition) is 2. The molecule has 0 aliphatic heterocycles. The van der Waals surface area contributed by atoms with Gasteiger partial charge in [0, 0.05) is 36.0 Å². The Kier molecular flexibility index (Phi) is 7.41. The van der Waals surface area contributed by atoms with Crippen molar-refractivity contribution in [3.63, 3.8) is 0 Å². The first-order valence-corrected chi connectivity index (χ1v) is 10.7. The van der Waals surface area contributed by atoms with Gasteiger partial charge in [0.05, 0.1) is 11.3 Å². The van der Waals surface area contributed by atoms with Crippen LogP contribution in [0.5, 0.6) is 0 Å². The van der Waals surface area contributed by atoms with Gasteiger partial charge in [-0.1, -0.05) is 29.8 Å². The van der Waals surface area contributed by atoms with Crippen molar-refractivity contribution in [2.75, 3.05) is 16.4 Å². The van der Waals surface area contributed by atoms with E-state index in [0.717, 1.165) is 11.3 Å². The fourth-order valence-corrected chi connectivity index (χ4v) is 3.74. The zero-order chi connectivity index (χ0) is 22.2. The molecule has 0 saturated carbocycles. The molecule has 0 unspecified atom stereocenters. The van der Waals surface area contributed by atoms with E-state index in [-0.39, 0.29) is 18.2 Å². The largest absolute Gasteiger partial charge is 0.326 e. The van der Waals surface area contributed by atoms with Crippen molar-refractivity contribution in [1.82, 2.24) is 4.98 Å². The van der Waals surface area contributed by atoms with Gasteiger partial charge in [0.2, 0.25) is 11.8 Å². The number of nitrogens with zero attached hydrogens (tertiary/aromatic N) is 2. The van der Waals surface area contributed by atoms with Gasteiger partial charge in [-0.05, 0) is 43.3 Å². The number of thioether (sulfide) groups is 1. The predicted octanol–water partition coefficient (Wildman–Crippen LogP) is 5.01. The standard InChI is InChI=1S/C24H22N4O2S/c1-16-3-5-18(6-4-16)22-12-7-19(15-25)24(28-22)31-14-13-23(30)27-21-10-8-20(9-11-21)26-17(2)29/h3-12H,13-14H2,1-2H3,(H,26,29)(H,27,30). The van der Waals surface area contributed by atoms with Gasteiger partial charge >= 0.3 is 0 Å². The molecule has 1 heterocycles. The second-order valence-electron chi connectivity index (χ2n) is 6.93. The zero-order valence-corrected chi connectivity index (χ0v) is 18.1. The molecule has 2 amide bonds. The van der Waals surface area contributed by atoms with E-state index in [9.17, 15) is 14.9 Å². The molecular weight excluding hydrogens is 408 g/mol. The number of nitriles is 1. The summed E-state index contributed by atoms with van der Waals surface area (Å²) in [6, 6.07) is 20.7. The van der Waals surface area contributed by atoms with Crippen LogP contribution >= 0.6 is 11.8 Å². The maximum atomic E-state index is 12.3. The highest BCUT2D eigenvalue weighted by Gasteiger charge is 2.10. The smallest absolute Gasteiger partial charge is 0.225 e. The van der Waals surface area contributed by atoms with E-state index in [1.807, 2.05) is 37.3 Å². The maximum Gasteiger partial charge on any atom is 0.225 e. The Morgan fingerprint density at radius 3 is 2.23 bits per heavy atom. The number of carbonyl (C=O) groups excluding carboxylic acids is 2. The van der Waals surface area contributed by atoms with Gasteiger partial charge in [-0.25, -0.2) is 4.98 Å². The van der Waals surface area contributed by atoms with Crippen LogP contribution in [0.4, 0.5) is 11.4 Å². The number of amides is 2. The van der Waals surface area contributed by atoms with E-state index >= 15 is 0 Å². The molecule has 31 heavy (non-hydrogen) atoms. The normalized spacial score (nSPS) is 10.2. The number of hydrogen-bond acceptors (Lipinski definition) is 5. The zero-order valence-electron chi connectivity index (χ0n) is 17.3. The van der Waals surface area contributed by atoms with Gasteiger partial charge in [-0.3, -0.25) is 9.59 Å². The second-order valence-corrected chi connectivity index (χ2v) is 8.02.